The van der Waals surface area contributed by atoms with Gasteiger partial charge in [-0.15, -0.1) is 0 Å². The zero-order valence-electron chi connectivity index (χ0n) is 9.22. The van der Waals surface area contributed by atoms with Gasteiger partial charge in [0.15, 0.2) is 0 Å². The van der Waals surface area contributed by atoms with Gasteiger partial charge in [-0.3, -0.25) is 9.78 Å². The number of carbonyl (C=O) groups excluding carboxylic acids is 1. The molecule has 2 aromatic rings. The van der Waals surface area contributed by atoms with Crippen molar-refractivity contribution >= 4 is 27.5 Å². The lowest BCUT2D eigenvalue weighted by atomic mass is 10.1. The van der Waals surface area contributed by atoms with E-state index in [9.17, 15) is 4.79 Å². The minimum Gasteiger partial charge on any atom is -0.321 e. The fourth-order valence-corrected chi connectivity index (χ4v) is 1.72. The zero-order valence-corrected chi connectivity index (χ0v) is 10.8. The Labute approximate surface area is 112 Å². The summed E-state index contributed by atoms with van der Waals surface area (Å²) in [6.45, 7) is 0. The van der Waals surface area contributed by atoms with Crippen LogP contribution in [0.4, 0.5) is 5.69 Å². The molecule has 1 amide bonds. The van der Waals surface area contributed by atoms with Gasteiger partial charge in [0, 0.05) is 18.0 Å². The van der Waals surface area contributed by atoms with E-state index in [1.807, 2.05) is 6.07 Å². The average Bonchev–Trinajstić information content (AvgIpc) is 2.41. The fourth-order valence-electron chi connectivity index (χ4n) is 1.37. The highest BCUT2D eigenvalue weighted by Gasteiger charge is 2.07. The summed E-state index contributed by atoms with van der Waals surface area (Å²) in [6, 6.07) is 10.1. The second kappa shape index (κ2) is 5.43. The molecular weight excluding hydrogens is 294 g/mol. The first-order chi connectivity index (χ1) is 8.70. The summed E-state index contributed by atoms with van der Waals surface area (Å²) in [5, 5.41) is 11.4. The summed E-state index contributed by atoms with van der Waals surface area (Å²) >= 11 is 3.30. The SMILES string of the molecule is N#Cc1ccc(C(=O)Nc2ccncc2Br)cc1. The highest BCUT2D eigenvalue weighted by Crippen LogP contribution is 2.20. The molecule has 0 fully saturated rings. The van der Waals surface area contributed by atoms with Crippen LogP contribution in [0.15, 0.2) is 47.2 Å². The third-order valence-electron chi connectivity index (χ3n) is 2.30. The molecule has 0 atom stereocenters. The maximum atomic E-state index is 11.9. The number of halogens is 1. The van der Waals surface area contributed by atoms with Crippen LogP contribution >= 0.6 is 15.9 Å². The van der Waals surface area contributed by atoms with Gasteiger partial charge < -0.3 is 5.32 Å². The third-order valence-corrected chi connectivity index (χ3v) is 2.93. The molecule has 0 saturated carbocycles. The zero-order chi connectivity index (χ0) is 13.0. The van der Waals surface area contributed by atoms with Crippen molar-refractivity contribution in [1.29, 1.82) is 5.26 Å². The van der Waals surface area contributed by atoms with Crippen molar-refractivity contribution in [1.82, 2.24) is 4.98 Å². The van der Waals surface area contributed by atoms with Gasteiger partial charge in [0.2, 0.25) is 0 Å². The highest BCUT2D eigenvalue weighted by molar-refractivity contribution is 9.10. The largest absolute Gasteiger partial charge is 0.321 e. The summed E-state index contributed by atoms with van der Waals surface area (Å²) in [5.74, 6) is -0.230. The van der Waals surface area contributed by atoms with Crippen LogP contribution in [0.5, 0.6) is 0 Å². The lowest BCUT2D eigenvalue weighted by Gasteiger charge is -2.06. The average molecular weight is 302 g/mol. The van der Waals surface area contributed by atoms with Crippen molar-refractivity contribution in [2.75, 3.05) is 5.32 Å². The van der Waals surface area contributed by atoms with E-state index in [1.165, 1.54) is 0 Å². The molecule has 0 unspecified atom stereocenters. The molecule has 2 rings (SSSR count). The molecule has 0 aliphatic heterocycles. The van der Waals surface area contributed by atoms with Crippen LogP contribution in [0.2, 0.25) is 0 Å². The Balaban J connectivity index is 2.17. The topological polar surface area (TPSA) is 65.8 Å². The van der Waals surface area contributed by atoms with E-state index in [0.29, 0.717) is 21.3 Å². The molecule has 1 N–H and O–H groups in total. The predicted octanol–water partition coefficient (Wildman–Crippen LogP) is 2.97. The maximum absolute atomic E-state index is 11.9. The first-order valence-corrected chi connectivity index (χ1v) is 5.91. The molecule has 88 valence electrons. The summed E-state index contributed by atoms with van der Waals surface area (Å²) < 4.78 is 0.715. The van der Waals surface area contributed by atoms with E-state index in [4.69, 9.17) is 5.26 Å². The number of carbonyl (C=O) groups is 1. The number of hydrogen-bond donors (Lipinski definition) is 1. The first-order valence-electron chi connectivity index (χ1n) is 5.12. The molecule has 0 radical (unpaired) electrons. The van der Waals surface area contributed by atoms with Crippen LogP contribution in [-0.4, -0.2) is 10.9 Å². The Hall–Kier alpha value is -2.19. The van der Waals surface area contributed by atoms with Gasteiger partial charge in [-0.1, -0.05) is 0 Å². The second-order valence-electron chi connectivity index (χ2n) is 3.50. The molecule has 1 aromatic carbocycles. The van der Waals surface area contributed by atoms with Crippen molar-refractivity contribution < 1.29 is 4.79 Å². The molecular formula is C13H8BrN3O. The van der Waals surface area contributed by atoms with E-state index in [-0.39, 0.29) is 5.91 Å². The van der Waals surface area contributed by atoms with E-state index in [2.05, 4.69) is 26.2 Å². The van der Waals surface area contributed by atoms with Crippen LogP contribution in [0, 0.1) is 11.3 Å². The number of benzene rings is 1. The Morgan fingerprint density at radius 3 is 2.61 bits per heavy atom. The van der Waals surface area contributed by atoms with Gasteiger partial charge in [-0.2, -0.15) is 5.26 Å². The first kappa shape index (κ1) is 12.3. The van der Waals surface area contributed by atoms with Gasteiger partial charge in [-0.05, 0) is 46.3 Å². The number of hydrogen-bond acceptors (Lipinski definition) is 3. The number of rotatable bonds is 2. The summed E-state index contributed by atoms with van der Waals surface area (Å²) in [6.07, 6.45) is 3.20. The molecule has 0 saturated heterocycles. The van der Waals surface area contributed by atoms with E-state index in [1.54, 1.807) is 42.7 Å². The van der Waals surface area contributed by atoms with Crippen LogP contribution in [-0.2, 0) is 0 Å². The van der Waals surface area contributed by atoms with Gasteiger partial charge in [0.1, 0.15) is 0 Å². The van der Waals surface area contributed by atoms with Crippen LogP contribution in [0.3, 0.4) is 0 Å². The van der Waals surface area contributed by atoms with Crippen molar-refractivity contribution in [2.24, 2.45) is 0 Å². The lowest BCUT2D eigenvalue weighted by Crippen LogP contribution is -2.12. The fraction of sp³-hybridized carbons (Fsp3) is 0. The van der Waals surface area contributed by atoms with E-state index < -0.39 is 0 Å². The van der Waals surface area contributed by atoms with Crippen molar-refractivity contribution in [2.45, 2.75) is 0 Å². The molecule has 0 aliphatic carbocycles. The number of amides is 1. The lowest BCUT2D eigenvalue weighted by molar-refractivity contribution is 0.102. The molecule has 1 aromatic heterocycles. The summed E-state index contributed by atoms with van der Waals surface area (Å²) in [7, 11) is 0. The van der Waals surface area contributed by atoms with E-state index >= 15 is 0 Å². The predicted molar refractivity (Wildman–Crippen MR) is 71.0 cm³/mol. The standard InChI is InChI=1S/C13H8BrN3O/c14-11-8-16-6-5-12(11)17-13(18)10-3-1-9(7-15)2-4-10/h1-6,8H,(H,16,17,18). The number of nitrogens with zero attached hydrogens (tertiary/aromatic N) is 2. The van der Waals surface area contributed by atoms with Gasteiger partial charge in [0.05, 0.1) is 21.8 Å². The van der Waals surface area contributed by atoms with E-state index in [0.717, 1.165) is 0 Å². The Morgan fingerprint density at radius 2 is 2.00 bits per heavy atom. The number of anilines is 1. The van der Waals surface area contributed by atoms with Gasteiger partial charge in [-0.25, -0.2) is 0 Å². The number of nitriles is 1. The van der Waals surface area contributed by atoms with Gasteiger partial charge in [0.25, 0.3) is 5.91 Å². The van der Waals surface area contributed by atoms with Crippen LogP contribution in [0.1, 0.15) is 15.9 Å². The monoisotopic (exact) mass is 301 g/mol. The van der Waals surface area contributed by atoms with Gasteiger partial charge >= 0.3 is 0 Å². The molecule has 4 nitrogen and oxygen atoms in total. The summed E-state index contributed by atoms with van der Waals surface area (Å²) in [4.78, 5) is 15.8. The molecule has 0 spiro atoms. The minimum absolute atomic E-state index is 0.230. The van der Waals surface area contributed by atoms with Crippen LogP contribution in [0.25, 0.3) is 0 Å². The molecule has 5 heteroatoms. The maximum Gasteiger partial charge on any atom is 0.255 e. The highest BCUT2D eigenvalue weighted by atomic mass is 79.9. The smallest absolute Gasteiger partial charge is 0.255 e. The Kier molecular flexibility index (Phi) is 3.70. The number of aromatic nitrogens is 1. The van der Waals surface area contributed by atoms with Crippen molar-refractivity contribution in [3.8, 4) is 6.07 Å². The van der Waals surface area contributed by atoms with Crippen molar-refractivity contribution in [3.63, 3.8) is 0 Å². The number of pyridine rings is 1. The van der Waals surface area contributed by atoms with Crippen molar-refractivity contribution in [3.05, 3.63) is 58.3 Å². The van der Waals surface area contributed by atoms with Crippen LogP contribution < -0.4 is 5.32 Å². The molecule has 0 bridgehead atoms. The Bertz CT molecular complexity index is 617. The molecule has 18 heavy (non-hydrogen) atoms. The third kappa shape index (κ3) is 2.73. The normalized spacial score (nSPS) is 9.56. The second-order valence-corrected chi connectivity index (χ2v) is 4.35. The quantitative estimate of drug-likeness (QED) is 0.927. The Morgan fingerprint density at radius 1 is 1.28 bits per heavy atom. The number of nitrogens with one attached hydrogen (secondary N) is 1. The summed E-state index contributed by atoms with van der Waals surface area (Å²) in [5.41, 5.74) is 1.67. The minimum atomic E-state index is -0.230. The molecule has 0 aliphatic rings. The molecule has 1 heterocycles.